The van der Waals surface area contributed by atoms with Gasteiger partial charge in [0.25, 0.3) is 0 Å². The fourth-order valence-corrected chi connectivity index (χ4v) is 1.86. The van der Waals surface area contributed by atoms with Crippen LogP contribution in [0.3, 0.4) is 0 Å². The summed E-state index contributed by atoms with van der Waals surface area (Å²) in [5.74, 6) is 1.94. The maximum absolute atomic E-state index is 6.01. The molecule has 2 rings (SSSR count). The maximum Gasteiger partial charge on any atom is 0.203 e. The van der Waals surface area contributed by atoms with Gasteiger partial charge < -0.3 is 24.5 Å². The first kappa shape index (κ1) is 13.4. The van der Waals surface area contributed by atoms with Crippen LogP contribution in [0.4, 0.5) is 5.82 Å². The van der Waals surface area contributed by atoms with Crippen molar-refractivity contribution in [3.8, 4) is 28.6 Å². The fraction of sp³-hybridized carbons (Fsp3) is 0.250. The minimum absolute atomic E-state index is 0.130. The smallest absolute Gasteiger partial charge is 0.203 e. The van der Waals surface area contributed by atoms with Crippen LogP contribution in [0.2, 0.25) is 5.02 Å². The predicted octanol–water partition coefficient (Wildman–Crippen LogP) is 2.60. The topological polar surface area (TPSA) is 79.7 Å². The highest BCUT2D eigenvalue weighted by Crippen LogP contribution is 2.43. The van der Waals surface area contributed by atoms with Gasteiger partial charge in [-0.05, 0) is 12.1 Å². The molecule has 7 heteroatoms. The maximum atomic E-state index is 6.01. The van der Waals surface area contributed by atoms with Crippen LogP contribution in [0.1, 0.15) is 0 Å². The molecule has 1 aromatic carbocycles. The highest BCUT2D eigenvalue weighted by Gasteiger charge is 2.19. The normalized spacial score (nSPS) is 10.3. The van der Waals surface area contributed by atoms with Gasteiger partial charge in [0.15, 0.2) is 23.1 Å². The lowest BCUT2D eigenvalue weighted by atomic mass is 10.1. The van der Waals surface area contributed by atoms with Gasteiger partial charge >= 0.3 is 0 Å². The summed E-state index contributed by atoms with van der Waals surface area (Å²) in [7, 11) is 4.58. The summed E-state index contributed by atoms with van der Waals surface area (Å²) in [6.07, 6.45) is 0. The van der Waals surface area contributed by atoms with Crippen molar-refractivity contribution in [3.63, 3.8) is 0 Å². The van der Waals surface area contributed by atoms with Crippen molar-refractivity contribution in [1.29, 1.82) is 0 Å². The lowest BCUT2D eigenvalue weighted by molar-refractivity contribution is 0.324. The molecule has 1 heterocycles. The molecule has 1 aromatic heterocycles. The molecule has 0 spiro atoms. The van der Waals surface area contributed by atoms with E-state index in [0.29, 0.717) is 28.6 Å². The number of halogens is 1. The van der Waals surface area contributed by atoms with E-state index in [1.54, 1.807) is 12.1 Å². The Balaban J connectivity index is 2.62. The molecular weight excluding hydrogens is 272 g/mol. The van der Waals surface area contributed by atoms with Crippen LogP contribution in [0.15, 0.2) is 16.7 Å². The number of hydrogen-bond acceptors (Lipinski definition) is 6. The van der Waals surface area contributed by atoms with Crippen molar-refractivity contribution in [2.45, 2.75) is 0 Å². The monoisotopic (exact) mass is 284 g/mol. The second kappa shape index (κ2) is 5.27. The number of methoxy groups -OCH3 is 3. The Labute approximate surface area is 115 Å². The number of hydrogen-bond donors (Lipinski definition) is 1. The zero-order chi connectivity index (χ0) is 14.0. The van der Waals surface area contributed by atoms with Gasteiger partial charge in [-0.1, -0.05) is 16.8 Å². The average Bonchev–Trinajstić information content (AvgIpc) is 2.77. The van der Waals surface area contributed by atoms with E-state index in [4.69, 9.17) is 36.1 Å². The molecule has 0 radical (unpaired) electrons. The lowest BCUT2D eigenvalue weighted by Crippen LogP contribution is -1.95. The fourth-order valence-electron chi connectivity index (χ4n) is 1.68. The van der Waals surface area contributed by atoms with E-state index < -0.39 is 0 Å². The van der Waals surface area contributed by atoms with Gasteiger partial charge in [-0.25, -0.2) is 0 Å². The number of anilines is 1. The Hall–Kier alpha value is -2.08. The summed E-state index contributed by atoms with van der Waals surface area (Å²) in [5, 5.41) is 3.85. The van der Waals surface area contributed by atoms with Gasteiger partial charge in [-0.3, -0.25) is 0 Å². The van der Waals surface area contributed by atoms with E-state index in [-0.39, 0.29) is 10.8 Å². The summed E-state index contributed by atoms with van der Waals surface area (Å²) >= 11 is 6.01. The first-order valence-corrected chi connectivity index (χ1v) is 5.71. The van der Waals surface area contributed by atoms with E-state index in [9.17, 15) is 0 Å². The highest BCUT2D eigenvalue weighted by molar-refractivity contribution is 6.35. The third-order valence-electron chi connectivity index (χ3n) is 2.59. The van der Waals surface area contributed by atoms with Gasteiger partial charge in [-0.15, -0.1) is 0 Å². The van der Waals surface area contributed by atoms with Crippen molar-refractivity contribution in [2.75, 3.05) is 27.1 Å². The molecule has 102 valence electrons. The number of ether oxygens (including phenoxy) is 3. The number of nitrogen functional groups attached to an aromatic ring is 1. The minimum Gasteiger partial charge on any atom is -0.493 e. The molecule has 0 saturated carbocycles. The molecule has 0 amide bonds. The summed E-state index contributed by atoms with van der Waals surface area (Å²) in [6, 6.07) is 3.40. The SMILES string of the molecule is COc1cc(-c2onc(N)c2Cl)cc(OC)c1OC. The molecule has 2 N–H and O–H groups in total. The van der Waals surface area contributed by atoms with Crippen molar-refractivity contribution >= 4 is 17.4 Å². The zero-order valence-corrected chi connectivity index (χ0v) is 11.4. The third-order valence-corrected chi connectivity index (χ3v) is 2.95. The van der Waals surface area contributed by atoms with Crippen LogP contribution < -0.4 is 19.9 Å². The molecule has 0 saturated heterocycles. The third kappa shape index (κ3) is 2.26. The molecular formula is C12H13ClN2O4. The lowest BCUT2D eigenvalue weighted by Gasteiger charge is -2.13. The Morgan fingerprint density at radius 3 is 2.05 bits per heavy atom. The molecule has 0 unspecified atom stereocenters. The van der Waals surface area contributed by atoms with Crippen molar-refractivity contribution in [2.24, 2.45) is 0 Å². The highest BCUT2D eigenvalue weighted by atomic mass is 35.5. The molecule has 0 aliphatic carbocycles. The number of aromatic nitrogens is 1. The van der Waals surface area contributed by atoms with Crippen molar-refractivity contribution in [3.05, 3.63) is 17.2 Å². The van der Waals surface area contributed by atoms with E-state index in [0.717, 1.165) is 0 Å². The summed E-state index contributed by atoms with van der Waals surface area (Å²) in [5.41, 5.74) is 6.18. The van der Waals surface area contributed by atoms with Gasteiger partial charge in [0, 0.05) is 5.56 Å². The summed E-state index contributed by atoms with van der Waals surface area (Å²) in [6.45, 7) is 0. The Morgan fingerprint density at radius 1 is 1.11 bits per heavy atom. The number of rotatable bonds is 4. The quantitative estimate of drug-likeness (QED) is 0.929. The van der Waals surface area contributed by atoms with Crippen LogP contribution in [0.25, 0.3) is 11.3 Å². The van der Waals surface area contributed by atoms with E-state index in [1.807, 2.05) is 0 Å². The molecule has 0 fully saturated rings. The molecule has 2 aromatic rings. The van der Waals surface area contributed by atoms with Gasteiger partial charge in [-0.2, -0.15) is 0 Å². The second-order valence-corrected chi connectivity index (χ2v) is 4.00. The molecule has 0 atom stereocenters. The Morgan fingerprint density at radius 2 is 1.68 bits per heavy atom. The molecule has 0 bridgehead atoms. The van der Waals surface area contributed by atoms with Crippen LogP contribution in [-0.4, -0.2) is 26.5 Å². The summed E-state index contributed by atoms with van der Waals surface area (Å²) in [4.78, 5) is 0. The minimum atomic E-state index is 0.130. The van der Waals surface area contributed by atoms with Crippen LogP contribution in [-0.2, 0) is 0 Å². The average molecular weight is 285 g/mol. The second-order valence-electron chi connectivity index (χ2n) is 3.62. The largest absolute Gasteiger partial charge is 0.493 e. The number of benzene rings is 1. The Bertz CT molecular complexity index is 572. The number of nitrogens with zero attached hydrogens (tertiary/aromatic N) is 1. The van der Waals surface area contributed by atoms with Gasteiger partial charge in [0.2, 0.25) is 5.75 Å². The van der Waals surface area contributed by atoms with E-state index in [2.05, 4.69) is 5.16 Å². The van der Waals surface area contributed by atoms with Crippen LogP contribution in [0.5, 0.6) is 17.2 Å². The van der Waals surface area contributed by atoms with Gasteiger partial charge in [0.05, 0.1) is 21.3 Å². The zero-order valence-electron chi connectivity index (χ0n) is 10.7. The van der Waals surface area contributed by atoms with E-state index in [1.165, 1.54) is 21.3 Å². The molecule has 0 aliphatic heterocycles. The first-order chi connectivity index (χ1) is 9.12. The molecule has 6 nitrogen and oxygen atoms in total. The standard InChI is InChI=1S/C12H13ClN2O4/c1-16-7-4-6(5-8(17-2)11(7)18-3)10-9(13)12(14)15-19-10/h4-5H,1-3H3,(H2,14,15). The van der Waals surface area contributed by atoms with Crippen LogP contribution >= 0.6 is 11.6 Å². The Kier molecular flexibility index (Phi) is 3.71. The van der Waals surface area contributed by atoms with E-state index >= 15 is 0 Å². The van der Waals surface area contributed by atoms with Crippen molar-refractivity contribution in [1.82, 2.24) is 5.16 Å². The van der Waals surface area contributed by atoms with Crippen LogP contribution in [0, 0.1) is 0 Å². The molecule has 19 heavy (non-hydrogen) atoms. The first-order valence-electron chi connectivity index (χ1n) is 5.33. The predicted molar refractivity (Wildman–Crippen MR) is 71.0 cm³/mol. The molecule has 0 aliphatic rings. The van der Waals surface area contributed by atoms with Crippen molar-refractivity contribution < 1.29 is 18.7 Å². The number of nitrogens with two attached hydrogens (primary N) is 1. The summed E-state index contributed by atoms with van der Waals surface area (Å²) < 4.78 is 20.8. The van der Waals surface area contributed by atoms with Gasteiger partial charge in [0.1, 0.15) is 5.02 Å².